The van der Waals surface area contributed by atoms with E-state index in [0.717, 1.165) is 5.75 Å². The van der Waals surface area contributed by atoms with Gasteiger partial charge in [0.2, 0.25) is 17.7 Å². The van der Waals surface area contributed by atoms with Crippen LogP contribution in [-0.2, 0) is 19.2 Å². The van der Waals surface area contributed by atoms with Crippen LogP contribution >= 0.6 is 11.8 Å². The van der Waals surface area contributed by atoms with Gasteiger partial charge in [-0.15, -0.1) is 0 Å². The van der Waals surface area contributed by atoms with E-state index in [4.69, 9.17) is 10.8 Å². The van der Waals surface area contributed by atoms with Gasteiger partial charge in [-0.25, -0.2) is 0 Å². The maximum Gasteiger partial charge on any atom is 0.325 e. The predicted octanol–water partition coefficient (Wildman–Crippen LogP) is -0.697. The number of hydrogen-bond acceptors (Lipinski definition) is 6. The van der Waals surface area contributed by atoms with Crippen LogP contribution in [0.3, 0.4) is 0 Å². The van der Waals surface area contributed by atoms with Gasteiger partial charge in [-0.3, -0.25) is 19.2 Å². The summed E-state index contributed by atoms with van der Waals surface area (Å²) in [7, 11) is 0. The zero-order chi connectivity index (χ0) is 20.3. The minimum atomic E-state index is -1.17. The van der Waals surface area contributed by atoms with E-state index in [-0.39, 0.29) is 12.5 Å². The molecule has 0 aromatic heterocycles. The molecule has 0 aromatic rings. The number of thioether (sulfide) groups is 1. The largest absolute Gasteiger partial charge is 0.480 e. The predicted molar refractivity (Wildman–Crippen MR) is 101 cm³/mol. The highest BCUT2D eigenvalue weighted by Crippen LogP contribution is 2.06. The zero-order valence-electron chi connectivity index (χ0n) is 15.7. The van der Waals surface area contributed by atoms with Gasteiger partial charge in [-0.05, 0) is 37.7 Å². The van der Waals surface area contributed by atoms with E-state index in [1.165, 1.54) is 6.92 Å². The Kier molecular flexibility index (Phi) is 11.7. The summed E-state index contributed by atoms with van der Waals surface area (Å²) in [5.41, 5.74) is 5.81. The lowest BCUT2D eigenvalue weighted by Gasteiger charge is -2.22. The molecule has 9 nitrogen and oxygen atoms in total. The summed E-state index contributed by atoms with van der Waals surface area (Å²) in [5.74, 6) is -1.86. The molecule has 150 valence electrons. The third-order valence-corrected chi connectivity index (χ3v) is 4.12. The standard InChI is InChI=1S/C16H30N4O5S/c1-9(2)7-12(20-14(22)11(17)5-6-26-4)15(23)18-8-13(21)19-10(3)16(24)25/h9-12H,5-8,17H2,1-4H3,(H,18,23)(H,19,21)(H,20,22)(H,24,25). The van der Waals surface area contributed by atoms with E-state index in [1.807, 2.05) is 20.1 Å². The van der Waals surface area contributed by atoms with Crippen LogP contribution in [0.5, 0.6) is 0 Å². The molecule has 0 aliphatic carbocycles. The van der Waals surface area contributed by atoms with Crippen LogP contribution < -0.4 is 21.7 Å². The fourth-order valence-electron chi connectivity index (χ4n) is 2.00. The van der Waals surface area contributed by atoms with E-state index >= 15 is 0 Å². The summed E-state index contributed by atoms with van der Waals surface area (Å²) in [5, 5.41) is 16.0. The summed E-state index contributed by atoms with van der Waals surface area (Å²) in [6.45, 7) is 4.75. The van der Waals surface area contributed by atoms with Crippen LogP contribution in [0.4, 0.5) is 0 Å². The van der Waals surface area contributed by atoms with Gasteiger partial charge in [0.15, 0.2) is 0 Å². The molecule has 3 atom stereocenters. The number of carboxylic acids is 1. The molecule has 0 radical (unpaired) electrons. The molecule has 3 unspecified atom stereocenters. The fraction of sp³-hybridized carbons (Fsp3) is 0.750. The zero-order valence-corrected chi connectivity index (χ0v) is 16.5. The maximum absolute atomic E-state index is 12.3. The van der Waals surface area contributed by atoms with Crippen molar-refractivity contribution in [2.75, 3.05) is 18.6 Å². The van der Waals surface area contributed by atoms with E-state index in [1.54, 1.807) is 11.8 Å². The normalized spacial score (nSPS) is 14.2. The van der Waals surface area contributed by atoms with Gasteiger partial charge in [-0.2, -0.15) is 11.8 Å². The van der Waals surface area contributed by atoms with Crippen LogP contribution in [-0.4, -0.2) is 65.5 Å². The average molecular weight is 391 g/mol. The SMILES string of the molecule is CSCCC(N)C(=O)NC(CC(C)C)C(=O)NCC(=O)NC(C)C(=O)O. The number of carbonyl (C=O) groups excluding carboxylic acids is 3. The molecular weight excluding hydrogens is 360 g/mol. The van der Waals surface area contributed by atoms with Crippen molar-refractivity contribution in [3.8, 4) is 0 Å². The van der Waals surface area contributed by atoms with Crippen molar-refractivity contribution in [2.45, 2.75) is 51.7 Å². The van der Waals surface area contributed by atoms with Crippen molar-refractivity contribution >= 4 is 35.5 Å². The van der Waals surface area contributed by atoms with Crippen LogP contribution in [0.2, 0.25) is 0 Å². The van der Waals surface area contributed by atoms with Gasteiger partial charge >= 0.3 is 5.97 Å². The van der Waals surface area contributed by atoms with Gasteiger partial charge in [0.25, 0.3) is 0 Å². The van der Waals surface area contributed by atoms with Gasteiger partial charge in [-0.1, -0.05) is 13.8 Å². The third-order valence-electron chi connectivity index (χ3n) is 3.48. The number of carboxylic acid groups (broad SMARTS) is 1. The van der Waals surface area contributed by atoms with Gasteiger partial charge < -0.3 is 26.8 Å². The van der Waals surface area contributed by atoms with Crippen LogP contribution in [0.1, 0.15) is 33.6 Å². The maximum atomic E-state index is 12.3. The molecule has 0 aromatic carbocycles. The Morgan fingerprint density at radius 2 is 1.69 bits per heavy atom. The lowest BCUT2D eigenvalue weighted by Crippen LogP contribution is -2.53. The van der Waals surface area contributed by atoms with Gasteiger partial charge in [0.1, 0.15) is 12.1 Å². The summed E-state index contributed by atoms with van der Waals surface area (Å²) in [6, 6.07) is -2.57. The third kappa shape index (κ3) is 10.2. The number of amides is 3. The van der Waals surface area contributed by atoms with Crippen LogP contribution in [0, 0.1) is 5.92 Å². The highest BCUT2D eigenvalue weighted by atomic mass is 32.2. The Bertz CT molecular complexity index is 501. The smallest absolute Gasteiger partial charge is 0.325 e. The second-order valence-corrected chi connectivity index (χ2v) is 7.41. The Hall–Kier alpha value is -1.81. The van der Waals surface area contributed by atoms with E-state index < -0.39 is 41.8 Å². The first kappa shape index (κ1) is 24.2. The summed E-state index contributed by atoms with van der Waals surface area (Å²) >= 11 is 1.58. The molecule has 0 aliphatic rings. The van der Waals surface area contributed by atoms with E-state index in [2.05, 4.69) is 16.0 Å². The number of carbonyl (C=O) groups is 4. The quantitative estimate of drug-likeness (QED) is 0.296. The van der Waals surface area contributed by atoms with Crippen molar-refractivity contribution in [1.29, 1.82) is 0 Å². The van der Waals surface area contributed by atoms with Crippen molar-refractivity contribution in [2.24, 2.45) is 11.7 Å². The molecule has 0 bridgehead atoms. The highest BCUT2D eigenvalue weighted by molar-refractivity contribution is 7.98. The molecule has 6 N–H and O–H groups in total. The number of aliphatic carboxylic acids is 1. The molecule has 0 spiro atoms. The highest BCUT2D eigenvalue weighted by Gasteiger charge is 2.25. The lowest BCUT2D eigenvalue weighted by atomic mass is 10.0. The van der Waals surface area contributed by atoms with Gasteiger partial charge in [0.05, 0.1) is 12.6 Å². The molecule has 0 heterocycles. The first-order valence-electron chi connectivity index (χ1n) is 8.43. The topological polar surface area (TPSA) is 151 Å². The van der Waals surface area contributed by atoms with Gasteiger partial charge in [0, 0.05) is 0 Å². The molecule has 0 fully saturated rings. The molecule has 0 saturated carbocycles. The first-order chi connectivity index (χ1) is 12.1. The van der Waals surface area contributed by atoms with E-state index in [0.29, 0.717) is 12.8 Å². The minimum absolute atomic E-state index is 0.134. The summed E-state index contributed by atoms with van der Waals surface area (Å²) < 4.78 is 0. The van der Waals surface area contributed by atoms with Crippen molar-refractivity contribution in [3.05, 3.63) is 0 Å². The number of nitrogens with two attached hydrogens (primary N) is 1. The molecular formula is C16H30N4O5S. The van der Waals surface area contributed by atoms with Crippen molar-refractivity contribution in [1.82, 2.24) is 16.0 Å². The monoisotopic (exact) mass is 390 g/mol. The molecule has 26 heavy (non-hydrogen) atoms. The Balaban J connectivity index is 4.66. The molecule has 3 amide bonds. The minimum Gasteiger partial charge on any atom is -0.480 e. The first-order valence-corrected chi connectivity index (χ1v) is 9.82. The van der Waals surface area contributed by atoms with Crippen molar-refractivity contribution in [3.63, 3.8) is 0 Å². The molecule has 0 rings (SSSR count). The summed E-state index contributed by atoms with van der Waals surface area (Å²) in [6.07, 6.45) is 2.80. The number of nitrogens with one attached hydrogen (secondary N) is 3. The Morgan fingerprint density at radius 1 is 1.08 bits per heavy atom. The molecule has 10 heteroatoms. The van der Waals surface area contributed by atoms with Crippen molar-refractivity contribution < 1.29 is 24.3 Å². The summed E-state index contributed by atoms with van der Waals surface area (Å²) in [4.78, 5) is 46.8. The fourth-order valence-corrected chi connectivity index (χ4v) is 2.49. The van der Waals surface area contributed by atoms with Crippen LogP contribution in [0.25, 0.3) is 0 Å². The number of rotatable bonds is 12. The van der Waals surface area contributed by atoms with Crippen LogP contribution in [0.15, 0.2) is 0 Å². The average Bonchev–Trinajstić information content (AvgIpc) is 2.56. The number of hydrogen-bond donors (Lipinski definition) is 5. The second-order valence-electron chi connectivity index (χ2n) is 6.42. The molecule has 0 saturated heterocycles. The Morgan fingerprint density at radius 3 is 2.19 bits per heavy atom. The second kappa shape index (κ2) is 12.5. The lowest BCUT2D eigenvalue weighted by molar-refractivity contribution is -0.141. The van der Waals surface area contributed by atoms with E-state index in [9.17, 15) is 19.2 Å². The molecule has 0 aliphatic heterocycles. The Labute approximate surface area is 158 Å².